The number of ether oxygens (including phenoxy) is 2. The molecule has 0 atom stereocenters. The molecule has 9 nitrogen and oxygen atoms in total. The first-order chi connectivity index (χ1) is 14.4. The number of phenols is 1. The zero-order valence-electron chi connectivity index (χ0n) is 15.5. The summed E-state index contributed by atoms with van der Waals surface area (Å²) in [6.45, 7) is 0. The van der Waals surface area contributed by atoms with Gasteiger partial charge in [-0.2, -0.15) is 0 Å². The maximum atomic E-state index is 12.7. The van der Waals surface area contributed by atoms with Gasteiger partial charge in [0, 0.05) is 6.20 Å². The van der Waals surface area contributed by atoms with Gasteiger partial charge in [-0.3, -0.25) is 9.59 Å². The molecule has 0 radical (unpaired) electrons. The van der Waals surface area contributed by atoms with Crippen molar-refractivity contribution in [3.8, 4) is 17.2 Å². The van der Waals surface area contributed by atoms with Gasteiger partial charge in [-0.1, -0.05) is 18.2 Å². The lowest BCUT2D eigenvalue weighted by Gasteiger charge is -2.17. The van der Waals surface area contributed by atoms with Crippen molar-refractivity contribution in [3.63, 3.8) is 0 Å². The van der Waals surface area contributed by atoms with E-state index in [2.05, 4.69) is 5.32 Å². The van der Waals surface area contributed by atoms with Crippen LogP contribution in [0.1, 0.15) is 15.9 Å². The van der Waals surface area contributed by atoms with E-state index in [1.54, 1.807) is 12.1 Å². The Balaban J connectivity index is 1.65. The Hall–Kier alpha value is -4.40. The lowest BCUT2D eigenvalue weighted by atomic mass is 10.0. The number of nitrogens with one attached hydrogen (secondary N) is 1. The molecule has 1 fully saturated rings. The van der Waals surface area contributed by atoms with Crippen LogP contribution < -0.4 is 14.8 Å². The molecular formula is C21H14N2O7. The minimum Gasteiger partial charge on any atom is -0.504 e. The lowest BCUT2D eigenvalue weighted by molar-refractivity contribution is -0.130. The minimum absolute atomic E-state index is 0.0811. The van der Waals surface area contributed by atoms with Gasteiger partial charge >= 0.3 is 12.0 Å². The average Bonchev–Trinajstić information content (AvgIpc) is 2.99. The Morgan fingerprint density at radius 3 is 2.63 bits per heavy atom. The molecule has 3 amide bonds. The molecular weight excluding hydrogens is 392 g/mol. The first kappa shape index (κ1) is 18.9. The smallest absolute Gasteiger partial charge is 0.349 e. The summed E-state index contributed by atoms with van der Waals surface area (Å²) in [6, 6.07) is 9.71. The third-order valence-corrected chi connectivity index (χ3v) is 4.48. The number of amides is 3. The standard InChI is InChI=1S/C21H14N2O7/c1-29-17-9-11(6-7-15(17)24)8-14-19(26)23(21(28)22-14)10-13-18(25)12-4-2-3-5-16(12)30-20(13)27/h2-10,24H,1H3,(H,22,28)/b13-10+,14-8-. The summed E-state index contributed by atoms with van der Waals surface area (Å²) in [5, 5.41) is 12.0. The van der Waals surface area contributed by atoms with Crippen molar-refractivity contribution < 1.29 is 33.8 Å². The largest absolute Gasteiger partial charge is 0.504 e. The van der Waals surface area contributed by atoms with E-state index in [4.69, 9.17) is 9.47 Å². The van der Waals surface area contributed by atoms with Crippen molar-refractivity contribution in [2.24, 2.45) is 0 Å². The third kappa shape index (κ3) is 3.18. The van der Waals surface area contributed by atoms with Crippen LogP contribution in [0.2, 0.25) is 0 Å². The highest BCUT2D eigenvalue weighted by molar-refractivity contribution is 6.28. The molecule has 2 aliphatic heterocycles. The summed E-state index contributed by atoms with van der Waals surface area (Å²) in [7, 11) is 1.38. The number of hydrogen-bond acceptors (Lipinski definition) is 7. The lowest BCUT2D eigenvalue weighted by Crippen LogP contribution is -2.31. The fourth-order valence-electron chi connectivity index (χ4n) is 2.99. The number of urea groups is 1. The first-order valence-electron chi connectivity index (χ1n) is 8.70. The van der Waals surface area contributed by atoms with Crippen LogP contribution >= 0.6 is 0 Å². The van der Waals surface area contributed by atoms with Gasteiger partial charge in [0.15, 0.2) is 11.5 Å². The molecule has 2 aromatic rings. The summed E-state index contributed by atoms with van der Waals surface area (Å²) >= 11 is 0. The Labute approximate surface area is 169 Å². The molecule has 9 heteroatoms. The van der Waals surface area contributed by atoms with E-state index >= 15 is 0 Å². The molecule has 0 aliphatic carbocycles. The maximum absolute atomic E-state index is 12.7. The Morgan fingerprint density at radius 2 is 1.87 bits per heavy atom. The number of para-hydroxylation sites is 1. The summed E-state index contributed by atoms with van der Waals surface area (Å²) in [5.41, 5.74) is 0.110. The third-order valence-electron chi connectivity index (χ3n) is 4.48. The number of nitrogens with zero attached hydrogens (tertiary/aromatic N) is 1. The topological polar surface area (TPSA) is 122 Å². The van der Waals surface area contributed by atoms with Gasteiger partial charge in [-0.05, 0) is 35.9 Å². The highest BCUT2D eigenvalue weighted by Gasteiger charge is 2.37. The van der Waals surface area contributed by atoms with Gasteiger partial charge < -0.3 is 19.9 Å². The summed E-state index contributed by atoms with van der Waals surface area (Å²) in [5.74, 6) is -2.15. The number of rotatable bonds is 3. The number of aromatic hydroxyl groups is 1. The molecule has 1 saturated heterocycles. The van der Waals surface area contributed by atoms with Crippen molar-refractivity contribution in [1.82, 2.24) is 10.2 Å². The van der Waals surface area contributed by atoms with Gasteiger partial charge in [0.25, 0.3) is 5.91 Å². The molecule has 2 aliphatic rings. The van der Waals surface area contributed by atoms with E-state index in [1.165, 1.54) is 43.5 Å². The molecule has 0 aromatic heterocycles. The molecule has 4 rings (SSSR count). The molecule has 0 bridgehead atoms. The minimum atomic E-state index is -0.958. The van der Waals surface area contributed by atoms with Crippen LogP contribution in [-0.4, -0.2) is 40.8 Å². The van der Waals surface area contributed by atoms with Crippen molar-refractivity contribution in [1.29, 1.82) is 0 Å². The average molecular weight is 406 g/mol. The first-order valence-corrected chi connectivity index (χ1v) is 8.70. The Kier molecular flexibility index (Phi) is 4.55. The van der Waals surface area contributed by atoms with Crippen LogP contribution in [0.15, 0.2) is 59.9 Å². The van der Waals surface area contributed by atoms with Crippen LogP contribution in [0.25, 0.3) is 6.08 Å². The van der Waals surface area contributed by atoms with Crippen molar-refractivity contribution in [2.45, 2.75) is 0 Å². The zero-order valence-corrected chi connectivity index (χ0v) is 15.5. The molecule has 2 heterocycles. The number of benzene rings is 2. The van der Waals surface area contributed by atoms with E-state index in [1.807, 2.05) is 0 Å². The molecule has 0 spiro atoms. The predicted octanol–water partition coefficient (Wildman–Crippen LogP) is 1.98. The molecule has 2 N–H and O–H groups in total. The number of imide groups is 1. The van der Waals surface area contributed by atoms with Gasteiger partial charge in [0.2, 0.25) is 5.78 Å². The highest BCUT2D eigenvalue weighted by Crippen LogP contribution is 2.29. The van der Waals surface area contributed by atoms with Crippen LogP contribution in [0.4, 0.5) is 4.79 Å². The normalized spacial score (nSPS) is 18.5. The molecule has 30 heavy (non-hydrogen) atoms. The van der Waals surface area contributed by atoms with Crippen LogP contribution in [0.3, 0.4) is 0 Å². The number of carbonyl (C=O) groups excluding carboxylic acids is 4. The number of esters is 1. The molecule has 0 unspecified atom stereocenters. The second-order valence-electron chi connectivity index (χ2n) is 6.35. The number of carbonyl (C=O) groups is 4. The van der Waals surface area contributed by atoms with E-state index in [9.17, 15) is 24.3 Å². The fraction of sp³-hybridized carbons (Fsp3) is 0.0476. The summed E-state index contributed by atoms with van der Waals surface area (Å²) < 4.78 is 10.1. The summed E-state index contributed by atoms with van der Waals surface area (Å²) in [4.78, 5) is 50.4. The van der Waals surface area contributed by atoms with Gasteiger partial charge in [0.1, 0.15) is 17.0 Å². The van der Waals surface area contributed by atoms with Crippen LogP contribution in [-0.2, 0) is 9.59 Å². The quantitative estimate of drug-likeness (QED) is 0.263. The van der Waals surface area contributed by atoms with Crippen molar-refractivity contribution in [2.75, 3.05) is 7.11 Å². The molecule has 0 saturated carbocycles. The monoisotopic (exact) mass is 406 g/mol. The number of phenolic OH excluding ortho intramolecular Hbond substituents is 1. The number of fused-ring (bicyclic) bond motifs is 1. The zero-order chi connectivity index (χ0) is 21.4. The van der Waals surface area contributed by atoms with Crippen molar-refractivity contribution >= 4 is 29.8 Å². The predicted molar refractivity (Wildman–Crippen MR) is 103 cm³/mol. The molecule has 2 aromatic carbocycles. The van der Waals surface area contributed by atoms with E-state index in [0.29, 0.717) is 10.5 Å². The number of ketones is 1. The van der Waals surface area contributed by atoms with Gasteiger partial charge in [0.05, 0.1) is 12.7 Å². The van der Waals surface area contributed by atoms with Crippen molar-refractivity contribution in [3.05, 3.63) is 71.1 Å². The van der Waals surface area contributed by atoms with Gasteiger partial charge in [-0.25, -0.2) is 14.5 Å². The Morgan fingerprint density at radius 1 is 1.10 bits per heavy atom. The number of Topliss-reactive ketones (excluding diaryl/α,β-unsaturated/α-hetero) is 1. The van der Waals surface area contributed by atoms with E-state index < -0.39 is 29.3 Å². The SMILES string of the molecule is COc1cc(/C=C2\NC(=O)N(/C=C3/C(=O)Oc4ccccc4C3=O)C2=O)ccc1O. The fourth-order valence-corrected chi connectivity index (χ4v) is 2.99. The molecule has 150 valence electrons. The maximum Gasteiger partial charge on any atom is 0.349 e. The van der Waals surface area contributed by atoms with Crippen LogP contribution in [0, 0.1) is 0 Å². The second kappa shape index (κ2) is 7.21. The summed E-state index contributed by atoms with van der Waals surface area (Å²) in [6.07, 6.45) is 2.24. The Bertz CT molecular complexity index is 1180. The number of hydrogen-bond donors (Lipinski definition) is 2. The second-order valence-corrected chi connectivity index (χ2v) is 6.35. The number of methoxy groups -OCH3 is 1. The van der Waals surface area contributed by atoms with Crippen LogP contribution in [0.5, 0.6) is 17.2 Å². The van der Waals surface area contributed by atoms with E-state index in [0.717, 1.165) is 6.20 Å². The van der Waals surface area contributed by atoms with Gasteiger partial charge in [-0.15, -0.1) is 0 Å². The van der Waals surface area contributed by atoms with E-state index in [-0.39, 0.29) is 28.5 Å². The highest BCUT2D eigenvalue weighted by atomic mass is 16.5.